The topological polar surface area (TPSA) is 61.7 Å². The van der Waals surface area contributed by atoms with Gasteiger partial charge in [0.15, 0.2) is 0 Å². The van der Waals surface area contributed by atoms with Crippen molar-refractivity contribution < 1.29 is 14.9 Å². The third-order valence-electron chi connectivity index (χ3n) is 3.25. The number of ether oxygens (including phenoxy) is 1. The normalized spacial score (nSPS) is 13.7. The molecule has 0 heterocycles. The van der Waals surface area contributed by atoms with Gasteiger partial charge in [0, 0.05) is 6.54 Å². The SMILES string of the molecule is CNCC(O)C(O)c1ccc(OCc2ccccc2)cc1. The largest absolute Gasteiger partial charge is 0.489 e. The van der Waals surface area contributed by atoms with Gasteiger partial charge in [-0.25, -0.2) is 0 Å². The van der Waals surface area contributed by atoms with Crippen LogP contribution in [0.25, 0.3) is 0 Å². The lowest BCUT2D eigenvalue weighted by Gasteiger charge is -2.18. The predicted molar refractivity (Wildman–Crippen MR) is 82.1 cm³/mol. The predicted octanol–water partition coefficient (Wildman–Crippen LogP) is 1.88. The van der Waals surface area contributed by atoms with Crippen LogP contribution in [0.5, 0.6) is 5.75 Å². The molecule has 0 saturated carbocycles. The summed E-state index contributed by atoms with van der Waals surface area (Å²) in [6.45, 7) is 0.846. The molecule has 4 nitrogen and oxygen atoms in total. The lowest BCUT2D eigenvalue weighted by molar-refractivity contribution is 0.0202. The fraction of sp³-hybridized carbons (Fsp3) is 0.294. The van der Waals surface area contributed by atoms with Gasteiger partial charge in [-0.3, -0.25) is 0 Å². The average Bonchev–Trinajstić information content (AvgIpc) is 2.54. The Morgan fingerprint density at radius 1 is 1.00 bits per heavy atom. The van der Waals surface area contributed by atoms with E-state index in [2.05, 4.69) is 5.32 Å². The Kier molecular flexibility index (Phi) is 5.75. The second-order valence-corrected chi connectivity index (χ2v) is 4.91. The van der Waals surface area contributed by atoms with Gasteiger partial charge in [-0.1, -0.05) is 42.5 Å². The number of hydrogen-bond donors (Lipinski definition) is 3. The molecule has 0 aliphatic rings. The van der Waals surface area contributed by atoms with Crippen LogP contribution in [0.2, 0.25) is 0 Å². The highest BCUT2D eigenvalue weighted by atomic mass is 16.5. The number of aliphatic hydroxyl groups excluding tert-OH is 2. The van der Waals surface area contributed by atoms with Crippen molar-refractivity contribution in [2.24, 2.45) is 0 Å². The third kappa shape index (κ3) is 4.56. The Morgan fingerprint density at radius 2 is 1.67 bits per heavy atom. The van der Waals surface area contributed by atoms with Crippen LogP contribution in [-0.2, 0) is 6.61 Å². The summed E-state index contributed by atoms with van der Waals surface area (Å²) in [5.74, 6) is 0.734. The van der Waals surface area contributed by atoms with E-state index in [4.69, 9.17) is 4.74 Å². The molecule has 0 bridgehead atoms. The number of nitrogens with one attached hydrogen (secondary N) is 1. The van der Waals surface area contributed by atoms with Crippen molar-refractivity contribution >= 4 is 0 Å². The summed E-state index contributed by atoms with van der Waals surface area (Å²) in [5, 5.41) is 22.6. The van der Waals surface area contributed by atoms with Gasteiger partial charge < -0.3 is 20.3 Å². The molecule has 0 radical (unpaired) electrons. The van der Waals surface area contributed by atoms with Crippen molar-refractivity contribution in [3.8, 4) is 5.75 Å². The zero-order valence-electron chi connectivity index (χ0n) is 12.1. The van der Waals surface area contributed by atoms with Gasteiger partial charge in [0.1, 0.15) is 18.5 Å². The molecule has 0 amide bonds. The molecule has 0 spiro atoms. The molecule has 21 heavy (non-hydrogen) atoms. The van der Waals surface area contributed by atoms with Crippen LogP contribution >= 0.6 is 0 Å². The summed E-state index contributed by atoms with van der Waals surface area (Å²) >= 11 is 0. The first-order valence-electron chi connectivity index (χ1n) is 6.98. The van der Waals surface area contributed by atoms with Crippen molar-refractivity contribution in [3.63, 3.8) is 0 Å². The summed E-state index contributed by atoms with van der Waals surface area (Å²) in [4.78, 5) is 0. The lowest BCUT2D eigenvalue weighted by atomic mass is 10.0. The van der Waals surface area contributed by atoms with Crippen LogP contribution in [0.3, 0.4) is 0 Å². The maximum atomic E-state index is 9.99. The Bertz CT molecular complexity index is 527. The van der Waals surface area contributed by atoms with E-state index in [0.717, 1.165) is 11.3 Å². The van der Waals surface area contributed by atoms with Crippen LogP contribution in [-0.4, -0.2) is 29.9 Å². The molecule has 2 aromatic carbocycles. The number of aliphatic hydroxyl groups is 2. The van der Waals surface area contributed by atoms with Gasteiger partial charge >= 0.3 is 0 Å². The molecule has 112 valence electrons. The maximum absolute atomic E-state index is 9.99. The molecule has 0 fully saturated rings. The summed E-state index contributed by atoms with van der Waals surface area (Å²) in [6, 6.07) is 17.1. The first kappa shape index (κ1) is 15.5. The molecule has 2 unspecified atom stereocenters. The third-order valence-corrected chi connectivity index (χ3v) is 3.25. The average molecular weight is 287 g/mol. The van der Waals surface area contributed by atoms with E-state index in [-0.39, 0.29) is 0 Å². The van der Waals surface area contributed by atoms with Crippen molar-refractivity contribution in [1.82, 2.24) is 5.32 Å². The van der Waals surface area contributed by atoms with Crippen LogP contribution < -0.4 is 10.1 Å². The quantitative estimate of drug-likeness (QED) is 0.727. The van der Waals surface area contributed by atoms with Crippen LogP contribution in [0.15, 0.2) is 54.6 Å². The highest BCUT2D eigenvalue weighted by molar-refractivity contribution is 5.29. The number of likely N-dealkylation sites (N-methyl/N-ethyl adjacent to an activating group) is 1. The van der Waals surface area contributed by atoms with E-state index < -0.39 is 12.2 Å². The summed E-state index contributed by atoms with van der Waals surface area (Å²) in [5.41, 5.74) is 1.77. The van der Waals surface area contributed by atoms with E-state index in [9.17, 15) is 10.2 Å². The van der Waals surface area contributed by atoms with Gasteiger partial charge in [0.2, 0.25) is 0 Å². The fourth-order valence-corrected chi connectivity index (χ4v) is 2.05. The van der Waals surface area contributed by atoms with Gasteiger partial charge in [-0.2, -0.15) is 0 Å². The van der Waals surface area contributed by atoms with E-state index in [1.165, 1.54) is 0 Å². The molecule has 3 N–H and O–H groups in total. The molecule has 2 rings (SSSR count). The minimum atomic E-state index is -0.902. The zero-order chi connectivity index (χ0) is 15.1. The second-order valence-electron chi connectivity index (χ2n) is 4.91. The molecule has 0 aliphatic carbocycles. The first-order chi connectivity index (χ1) is 10.2. The van der Waals surface area contributed by atoms with Crippen molar-refractivity contribution in [2.45, 2.75) is 18.8 Å². The first-order valence-corrected chi connectivity index (χ1v) is 6.98. The van der Waals surface area contributed by atoms with Gasteiger partial charge in [0.05, 0.1) is 6.10 Å². The number of benzene rings is 2. The minimum Gasteiger partial charge on any atom is -0.489 e. The summed E-state index contributed by atoms with van der Waals surface area (Å²) in [7, 11) is 1.73. The number of hydrogen-bond acceptors (Lipinski definition) is 4. The second kappa shape index (κ2) is 7.78. The Labute approximate surface area is 125 Å². The van der Waals surface area contributed by atoms with Gasteiger partial charge in [0.25, 0.3) is 0 Å². The van der Waals surface area contributed by atoms with Crippen molar-refractivity contribution in [1.29, 1.82) is 0 Å². The molecule has 2 aromatic rings. The highest BCUT2D eigenvalue weighted by Crippen LogP contribution is 2.21. The van der Waals surface area contributed by atoms with Crippen LogP contribution in [0, 0.1) is 0 Å². The number of rotatable bonds is 7. The molecule has 0 aromatic heterocycles. The standard InChI is InChI=1S/C17H21NO3/c1-18-11-16(19)17(20)14-7-9-15(10-8-14)21-12-13-5-3-2-4-6-13/h2-10,16-20H,11-12H2,1H3. The fourth-order valence-electron chi connectivity index (χ4n) is 2.05. The Balaban J connectivity index is 1.92. The molecule has 0 aliphatic heterocycles. The summed E-state index contributed by atoms with van der Waals surface area (Å²) in [6.07, 6.45) is -1.73. The van der Waals surface area contributed by atoms with Gasteiger partial charge in [-0.05, 0) is 30.3 Å². The lowest BCUT2D eigenvalue weighted by Crippen LogP contribution is -2.29. The van der Waals surface area contributed by atoms with Crippen LogP contribution in [0.1, 0.15) is 17.2 Å². The van der Waals surface area contributed by atoms with Crippen molar-refractivity contribution in [3.05, 3.63) is 65.7 Å². The van der Waals surface area contributed by atoms with Gasteiger partial charge in [-0.15, -0.1) is 0 Å². The zero-order valence-corrected chi connectivity index (χ0v) is 12.1. The minimum absolute atomic E-state index is 0.341. The molecule has 2 atom stereocenters. The van der Waals surface area contributed by atoms with E-state index in [1.807, 2.05) is 30.3 Å². The highest BCUT2D eigenvalue weighted by Gasteiger charge is 2.17. The monoisotopic (exact) mass is 287 g/mol. The molecule has 4 heteroatoms. The smallest absolute Gasteiger partial charge is 0.119 e. The summed E-state index contributed by atoms with van der Waals surface area (Å²) < 4.78 is 5.68. The van der Waals surface area contributed by atoms with Crippen molar-refractivity contribution in [2.75, 3.05) is 13.6 Å². The van der Waals surface area contributed by atoms with E-state index >= 15 is 0 Å². The Hall–Kier alpha value is -1.88. The Morgan fingerprint density at radius 3 is 2.29 bits per heavy atom. The van der Waals surface area contributed by atoms with Crippen LogP contribution in [0.4, 0.5) is 0 Å². The van der Waals surface area contributed by atoms with E-state index in [0.29, 0.717) is 18.7 Å². The maximum Gasteiger partial charge on any atom is 0.119 e. The molecular weight excluding hydrogens is 266 g/mol. The molecular formula is C17H21NO3. The van der Waals surface area contributed by atoms with E-state index in [1.54, 1.807) is 31.3 Å². The molecule has 0 saturated heterocycles.